The standard InChI is InChI=1S/C34H34Cl4FN7O2/c1-8-22(47)45-17(5)13-44(14-18(45)6)32-19-11-21(35)29(23-24(36)26(38)27(39)28(41)25(23)37)42-33(19)46(34(48)20(32)12-40)31-16(4)9-10-43(7)30(31)15(2)3/h8-11,15,17-18,30H,1,13-14,41H2,2-7H3/t17-,18+,30?. The number of halogens is 5. The normalized spacial score (nSPS) is 19.8. The molecule has 2 aliphatic heterocycles. The minimum Gasteiger partial charge on any atom is -0.395 e. The minimum absolute atomic E-state index is 0.00962. The van der Waals surface area contributed by atoms with Crippen molar-refractivity contribution in [2.75, 3.05) is 30.8 Å². The molecule has 1 unspecified atom stereocenters. The molecule has 9 nitrogen and oxygen atoms in total. The minimum atomic E-state index is -0.986. The second kappa shape index (κ2) is 13.3. The Labute approximate surface area is 298 Å². The van der Waals surface area contributed by atoms with Crippen molar-refractivity contribution in [1.29, 1.82) is 5.26 Å². The topological polar surface area (TPSA) is 111 Å². The second-order valence-corrected chi connectivity index (χ2v) is 14.0. The first kappa shape index (κ1) is 35.6. The Kier molecular flexibility index (Phi) is 9.84. The third kappa shape index (κ3) is 5.61. The van der Waals surface area contributed by atoms with Gasteiger partial charge in [-0.1, -0.05) is 66.8 Å². The van der Waals surface area contributed by atoms with E-state index in [1.165, 1.54) is 10.6 Å². The van der Waals surface area contributed by atoms with Crippen LogP contribution in [0.5, 0.6) is 0 Å². The van der Waals surface area contributed by atoms with Crippen LogP contribution in [-0.4, -0.2) is 63.5 Å². The Morgan fingerprint density at radius 2 is 1.79 bits per heavy atom. The summed E-state index contributed by atoms with van der Waals surface area (Å²) in [6.45, 7) is 14.0. The van der Waals surface area contributed by atoms with Gasteiger partial charge in [0.15, 0.2) is 5.82 Å². The maximum Gasteiger partial charge on any atom is 0.276 e. The Morgan fingerprint density at radius 3 is 2.35 bits per heavy atom. The van der Waals surface area contributed by atoms with Gasteiger partial charge in [0.25, 0.3) is 5.56 Å². The number of nitrogens with zero attached hydrogens (tertiary/aromatic N) is 6. The van der Waals surface area contributed by atoms with Gasteiger partial charge in [-0.3, -0.25) is 14.2 Å². The van der Waals surface area contributed by atoms with Crippen molar-refractivity contribution < 1.29 is 9.18 Å². The molecule has 2 aliphatic rings. The average Bonchev–Trinajstić information content (AvgIpc) is 3.03. The lowest BCUT2D eigenvalue weighted by Gasteiger charge is -2.45. The molecule has 1 aromatic carbocycles. The summed E-state index contributed by atoms with van der Waals surface area (Å²) in [5, 5.41) is 10.1. The third-order valence-electron chi connectivity index (χ3n) is 8.94. The van der Waals surface area contributed by atoms with Gasteiger partial charge in [-0.25, -0.2) is 9.37 Å². The molecule has 0 saturated carbocycles. The molecule has 1 amide bonds. The van der Waals surface area contributed by atoms with Crippen LogP contribution in [-0.2, 0) is 4.79 Å². The zero-order chi connectivity index (χ0) is 35.5. The Hall–Kier alpha value is -3.75. The fourth-order valence-corrected chi connectivity index (χ4v) is 7.95. The molecule has 1 saturated heterocycles. The number of carbonyl (C=O) groups excluding carboxylic acids is 1. The highest BCUT2D eigenvalue weighted by atomic mass is 35.5. The first-order valence-electron chi connectivity index (χ1n) is 15.2. The van der Waals surface area contributed by atoms with Gasteiger partial charge in [0.05, 0.1) is 48.9 Å². The third-order valence-corrected chi connectivity index (χ3v) is 10.5. The summed E-state index contributed by atoms with van der Waals surface area (Å²) in [4.78, 5) is 38.0. The number of fused-ring (bicyclic) bond motifs is 1. The molecule has 2 aromatic heterocycles. The maximum absolute atomic E-state index is 14.8. The van der Waals surface area contributed by atoms with Crippen LogP contribution in [0, 0.1) is 23.1 Å². The molecule has 5 rings (SSSR count). The van der Waals surface area contributed by atoms with Crippen LogP contribution in [0.15, 0.2) is 41.4 Å². The van der Waals surface area contributed by atoms with E-state index in [0.717, 1.165) is 5.57 Å². The Morgan fingerprint density at radius 1 is 1.17 bits per heavy atom. The van der Waals surface area contributed by atoms with Crippen molar-refractivity contribution in [1.82, 2.24) is 19.4 Å². The number of amides is 1. The lowest BCUT2D eigenvalue weighted by Crippen LogP contribution is -2.58. The molecule has 3 aromatic rings. The molecule has 3 atom stereocenters. The number of nitrogen functional groups attached to an aromatic ring is 1. The number of hydrogen-bond donors (Lipinski definition) is 1. The number of rotatable bonds is 5. The zero-order valence-corrected chi connectivity index (χ0v) is 30.2. The lowest BCUT2D eigenvalue weighted by molar-refractivity contribution is -0.130. The van der Waals surface area contributed by atoms with Gasteiger partial charge in [-0.05, 0) is 56.7 Å². The molecule has 4 heterocycles. The summed E-state index contributed by atoms with van der Waals surface area (Å²) >= 11 is 26.3. The van der Waals surface area contributed by atoms with Crippen LogP contribution >= 0.6 is 46.4 Å². The fourth-order valence-electron chi connectivity index (χ4n) is 6.93. The predicted octanol–water partition coefficient (Wildman–Crippen LogP) is 7.60. The molecule has 252 valence electrons. The van der Waals surface area contributed by atoms with E-state index in [-0.39, 0.29) is 67.5 Å². The summed E-state index contributed by atoms with van der Waals surface area (Å²) in [6.07, 6.45) is 5.09. The molecule has 0 aliphatic carbocycles. The summed E-state index contributed by atoms with van der Waals surface area (Å²) in [5.41, 5.74) is 6.71. The molecule has 0 spiro atoms. The van der Waals surface area contributed by atoms with E-state index in [1.54, 1.807) is 11.0 Å². The largest absolute Gasteiger partial charge is 0.395 e. The van der Waals surface area contributed by atoms with Crippen molar-refractivity contribution in [2.24, 2.45) is 5.92 Å². The molecule has 1 fully saturated rings. The second-order valence-electron chi connectivity index (χ2n) is 12.5. The lowest BCUT2D eigenvalue weighted by atomic mass is 9.93. The average molecular weight is 734 g/mol. The molecule has 2 N–H and O–H groups in total. The van der Waals surface area contributed by atoms with Crippen LogP contribution in [0.25, 0.3) is 28.0 Å². The first-order chi connectivity index (χ1) is 22.6. The van der Waals surface area contributed by atoms with Crippen LogP contribution < -0.4 is 16.2 Å². The predicted molar refractivity (Wildman–Crippen MR) is 193 cm³/mol. The molecule has 0 radical (unpaired) electrons. The Balaban J connectivity index is 1.94. The van der Waals surface area contributed by atoms with E-state index < -0.39 is 22.1 Å². The number of piperazine rings is 1. The van der Waals surface area contributed by atoms with Crippen molar-refractivity contribution in [2.45, 2.75) is 52.7 Å². The number of anilines is 2. The highest BCUT2D eigenvalue weighted by Crippen LogP contribution is 2.47. The SMILES string of the molecule is C=CC(=O)N1[C@H](C)CN(c2c(C#N)c(=O)n(C3=C(C)C=CN(C)C3C(C)C)c3nc(-c4c(Cl)c(N)c(F)c(Cl)c4Cl)c(Cl)cc23)C[C@@H]1C. The van der Waals surface area contributed by atoms with E-state index >= 15 is 0 Å². The van der Waals surface area contributed by atoms with Crippen LogP contribution in [0.1, 0.15) is 40.2 Å². The molecular formula is C34H34Cl4FN7O2. The fraction of sp³-hybridized carbons (Fsp3) is 0.353. The van der Waals surface area contributed by atoms with Crippen molar-refractivity contribution in [3.8, 4) is 17.3 Å². The number of nitrogens with two attached hydrogens (primary N) is 1. The quantitative estimate of drug-likeness (QED) is 0.125. The molecule has 14 heteroatoms. The molecular weight excluding hydrogens is 699 g/mol. The van der Waals surface area contributed by atoms with E-state index in [4.69, 9.17) is 57.1 Å². The highest BCUT2D eigenvalue weighted by molar-refractivity contribution is 6.48. The smallest absolute Gasteiger partial charge is 0.276 e. The summed E-state index contributed by atoms with van der Waals surface area (Å²) in [5.74, 6) is -1.17. The van der Waals surface area contributed by atoms with Gasteiger partial charge in [-0.2, -0.15) is 5.26 Å². The molecule has 48 heavy (non-hydrogen) atoms. The highest BCUT2D eigenvalue weighted by Gasteiger charge is 2.37. The van der Waals surface area contributed by atoms with Crippen LogP contribution in [0.2, 0.25) is 20.1 Å². The number of hydrogen-bond acceptors (Lipinski definition) is 7. The van der Waals surface area contributed by atoms with Crippen LogP contribution in [0.3, 0.4) is 0 Å². The first-order valence-corrected chi connectivity index (χ1v) is 16.7. The zero-order valence-electron chi connectivity index (χ0n) is 27.2. The number of allylic oxidation sites excluding steroid dienone is 2. The van der Waals surface area contributed by atoms with Crippen molar-refractivity contribution in [3.63, 3.8) is 0 Å². The van der Waals surface area contributed by atoms with E-state index in [2.05, 4.69) is 12.6 Å². The summed E-state index contributed by atoms with van der Waals surface area (Å²) in [6, 6.07) is 2.89. The van der Waals surface area contributed by atoms with Gasteiger partial charge in [-0.15, -0.1) is 0 Å². The van der Waals surface area contributed by atoms with Gasteiger partial charge in [0.1, 0.15) is 17.3 Å². The number of carbonyl (C=O) groups is 1. The van der Waals surface area contributed by atoms with Gasteiger partial charge >= 0.3 is 0 Å². The van der Waals surface area contributed by atoms with Gasteiger partial charge < -0.3 is 20.4 Å². The van der Waals surface area contributed by atoms with E-state index in [0.29, 0.717) is 29.9 Å². The number of aromatic nitrogens is 2. The van der Waals surface area contributed by atoms with Gasteiger partial charge in [0, 0.05) is 43.2 Å². The number of benzene rings is 1. The van der Waals surface area contributed by atoms with E-state index in [1.807, 2.05) is 63.7 Å². The maximum atomic E-state index is 14.8. The van der Waals surface area contributed by atoms with E-state index in [9.17, 15) is 19.2 Å². The summed E-state index contributed by atoms with van der Waals surface area (Å²) < 4.78 is 16.2. The summed E-state index contributed by atoms with van der Waals surface area (Å²) in [7, 11) is 1.91. The number of likely N-dealkylation sites (N-methyl/N-ethyl adjacent to an activating group) is 1. The number of nitriles is 1. The van der Waals surface area contributed by atoms with Crippen LogP contribution in [0.4, 0.5) is 15.8 Å². The van der Waals surface area contributed by atoms with Crippen molar-refractivity contribution >= 4 is 80.4 Å². The number of pyridine rings is 2. The van der Waals surface area contributed by atoms with Gasteiger partial charge in [0.2, 0.25) is 5.91 Å². The monoisotopic (exact) mass is 731 g/mol. The Bertz CT molecular complexity index is 2010. The molecule has 0 bridgehead atoms. The van der Waals surface area contributed by atoms with Crippen molar-refractivity contribution in [3.05, 3.63) is 78.4 Å².